The maximum atomic E-state index is 11.6. The summed E-state index contributed by atoms with van der Waals surface area (Å²) in [5, 5.41) is 2.65. The van der Waals surface area contributed by atoms with Gasteiger partial charge in [-0.15, -0.1) is 0 Å². The van der Waals surface area contributed by atoms with Crippen LogP contribution in [0.4, 0.5) is 0 Å². The molecule has 5 heteroatoms. The minimum Gasteiger partial charge on any atom is -0.348 e. The summed E-state index contributed by atoms with van der Waals surface area (Å²) in [7, 11) is -3.18. The Kier molecular flexibility index (Phi) is 2.26. The van der Waals surface area contributed by atoms with Gasteiger partial charge in [0.25, 0.3) is 5.91 Å². The molecular formula is C10H11NO3S. The SMILES string of the molecule is CCS(=O)(=O)c1ccc2c(c1)CNC2=O. The van der Waals surface area contributed by atoms with E-state index in [0.29, 0.717) is 17.0 Å². The molecular weight excluding hydrogens is 214 g/mol. The van der Waals surface area contributed by atoms with Crippen molar-refractivity contribution in [2.75, 3.05) is 5.75 Å². The first kappa shape index (κ1) is 10.2. The van der Waals surface area contributed by atoms with E-state index in [0.717, 1.165) is 5.56 Å². The fourth-order valence-electron chi connectivity index (χ4n) is 1.57. The van der Waals surface area contributed by atoms with E-state index in [1.807, 2.05) is 0 Å². The first-order valence-corrected chi connectivity index (χ1v) is 6.33. The quantitative estimate of drug-likeness (QED) is 0.806. The number of amides is 1. The summed E-state index contributed by atoms with van der Waals surface area (Å²) in [5.74, 6) is -0.0573. The van der Waals surface area contributed by atoms with E-state index >= 15 is 0 Å². The van der Waals surface area contributed by atoms with Gasteiger partial charge in [0.1, 0.15) is 0 Å². The molecule has 1 aliphatic rings. The van der Waals surface area contributed by atoms with Gasteiger partial charge in [0.2, 0.25) is 0 Å². The van der Waals surface area contributed by atoms with Crippen LogP contribution in [0.25, 0.3) is 0 Å². The number of fused-ring (bicyclic) bond motifs is 1. The van der Waals surface area contributed by atoms with Crippen molar-refractivity contribution in [3.63, 3.8) is 0 Å². The van der Waals surface area contributed by atoms with Crippen LogP contribution >= 0.6 is 0 Å². The van der Waals surface area contributed by atoms with Gasteiger partial charge in [-0.25, -0.2) is 8.42 Å². The molecule has 80 valence electrons. The summed E-state index contributed by atoms with van der Waals surface area (Å²) < 4.78 is 23.2. The Balaban J connectivity index is 2.53. The van der Waals surface area contributed by atoms with Crippen LogP contribution < -0.4 is 5.32 Å². The first-order chi connectivity index (χ1) is 7.04. The Labute approximate surface area is 88.2 Å². The molecule has 15 heavy (non-hydrogen) atoms. The van der Waals surface area contributed by atoms with Crippen LogP contribution in [-0.2, 0) is 16.4 Å². The zero-order chi connectivity index (χ0) is 11.1. The Morgan fingerprint density at radius 2 is 2.13 bits per heavy atom. The Morgan fingerprint density at radius 3 is 2.80 bits per heavy atom. The standard InChI is InChI=1S/C10H11NO3S/c1-2-15(13,14)8-3-4-9-7(5-8)6-11-10(9)12/h3-5H,2,6H2,1H3,(H,11,12). The number of hydrogen-bond donors (Lipinski definition) is 1. The fourth-order valence-corrected chi connectivity index (χ4v) is 2.50. The van der Waals surface area contributed by atoms with Gasteiger partial charge in [-0.3, -0.25) is 4.79 Å². The molecule has 0 bridgehead atoms. The molecule has 1 aromatic rings. The number of rotatable bonds is 2. The zero-order valence-corrected chi connectivity index (χ0v) is 9.10. The monoisotopic (exact) mass is 225 g/mol. The van der Waals surface area contributed by atoms with E-state index in [2.05, 4.69) is 5.32 Å². The van der Waals surface area contributed by atoms with Crippen LogP contribution in [0, 0.1) is 0 Å². The van der Waals surface area contributed by atoms with E-state index < -0.39 is 9.84 Å². The lowest BCUT2D eigenvalue weighted by Gasteiger charge is -2.02. The molecule has 0 fully saturated rings. The molecule has 0 saturated carbocycles. The molecule has 0 atom stereocenters. The summed E-state index contributed by atoms with van der Waals surface area (Å²) in [6, 6.07) is 4.63. The zero-order valence-electron chi connectivity index (χ0n) is 8.28. The van der Waals surface area contributed by atoms with Crippen LogP contribution in [0.2, 0.25) is 0 Å². The number of sulfone groups is 1. The van der Waals surface area contributed by atoms with Crippen molar-refractivity contribution in [1.29, 1.82) is 0 Å². The van der Waals surface area contributed by atoms with Gasteiger partial charge in [0.05, 0.1) is 10.6 Å². The minimum absolute atomic E-state index is 0.0765. The number of carbonyl (C=O) groups excluding carboxylic acids is 1. The lowest BCUT2D eigenvalue weighted by molar-refractivity contribution is 0.0965. The van der Waals surface area contributed by atoms with Gasteiger partial charge < -0.3 is 5.32 Å². The fraction of sp³-hybridized carbons (Fsp3) is 0.300. The average Bonchev–Trinajstić information content (AvgIpc) is 2.60. The summed E-state index contributed by atoms with van der Waals surface area (Å²) in [6.45, 7) is 2.02. The second kappa shape index (κ2) is 3.34. The van der Waals surface area contributed by atoms with Crippen LogP contribution in [0.15, 0.2) is 23.1 Å². The largest absolute Gasteiger partial charge is 0.348 e. The van der Waals surface area contributed by atoms with Gasteiger partial charge in [-0.05, 0) is 23.8 Å². The highest BCUT2D eigenvalue weighted by molar-refractivity contribution is 7.91. The smallest absolute Gasteiger partial charge is 0.251 e. The van der Waals surface area contributed by atoms with Crippen molar-refractivity contribution >= 4 is 15.7 Å². The van der Waals surface area contributed by atoms with Crippen molar-refractivity contribution in [3.05, 3.63) is 29.3 Å². The number of nitrogens with one attached hydrogen (secondary N) is 1. The topological polar surface area (TPSA) is 63.2 Å². The lowest BCUT2D eigenvalue weighted by atomic mass is 10.1. The third-order valence-corrected chi connectivity index (χ3v) is 4.23. The summed E-state index contributed by atoms with van der Waals surface area (Å²) >= 11 is 0. The van der Waals surface area contributed by atoms with E-state index in [1.54, 1.807) is 19.1 Å². The second-order valence-electron chi connectivity index (χ2n) is 3.41. The Bertz CT molecular complexity index is 519. The Hall–Kier alpha value is -1.36. The van der Waals surface area contributed by atoms with Gasteiger partial charge in [-0.2, -0.15) is 0 Å². The molecule has 0 unspecified atom stereocenters. The summed E-state index contributed by atoms with van der Waals surface area (Å²) in [5.41, 5.74) is 1.33. The van der Waals surface area contributed by atoms with Crippen LogP contribution in [0.5, 0.6) is 0 Å². The predicted octanol–water partition coefficient (Wildman–Crippen LogP) is 0.724. The van der Waals surface area contributed by atoms with Gasteiger partial charge >= 0.3 is 0 Å². The molecule has 1 aliphatic heterocycles. The van der Waals surface area contributed by atoms with E-state index in [4.69, 9.17) is 0 Å². The average molecular weight is 225 g/mol. The van der Waals surface area contributed by atoms with Crippen LogP contribution in [-0.4, -0.2) is 20.1 Å². The molecule has 1 N–H and O–H groups in total. The van der Waals surface area contributed by atoms with Crippen molar-refractivity contribution in [1.82, 2.24) is 5.32 Å². The maximum Gasteiger partial charge on any atom is 0.251 e. The summed E-state index contributed by atoms with van der Waals surface area (Å²) in [4.78, 5) is 11.5. The number of hydrogen-bond acceptors (Lipinski definition) is 3. The molecule has 1 heterocycles. The van der Waals surface area contributed by atoms with E-state index in [1.165, 1.54) is 6.07 Å². The second-order valence-corrected chi connectivity index (χ2v) is 5.68. The van der Waals surface area contributed by atoms with Gasteiger partial charge in [0, 0.05) is 12.1 Å². The normalized spacial score (nSPS) is 14.9. The van der Waals surface area contributed by atoms with Crippen molar-refractivity contribution in [3.8, 4) is 0 Å². The minimum atomic E-state index is -3.18. The highest BCUT2D eigenvalue weighted by atomic mass is 32.2. The first-order valence-electron chi connectivity index (χ1n) is 4.68. The molecule has 0 radical (unpaired) electrons. The molecule has 0 saturated heterocycles. The lowest BCUT2D eigenvalue weighted by Crippen LogP contribution is -2.12. The van der Waals surface area contributed by atoms with E-state index in [9.17, 15) is 13.2 Å². The molecule has 2 rings (SSSR count). The Morgan fingerprint density at radius 1 is 1.40 bits per heavy atom. The molecule has 0 aromatic heterocycles. The van der Waals surface area contributed by atoms with Crippen LogP contribution in [0.3, 0.4) is 0 Å². The third kappa shape index (κ3) is 1.63. The van der Waals surface area contributed by atoms with Gasteiger partial charge in [0.15, 0.2) is 9.84 Å². The predicted molar refractivity (Wildman–Crippen MR) is 55.3 cm³/mol. The van der Waals surface area contributed by atoms with Crippen LogP contribution in [0.1, 0.15) is 22.8 Å². The van der Waals surface area contributed by atoms with E-state index in [-0.39, 0.29) is 11.7 Å². The molecule has 1 aromatic carbocycles. The molecule has 4 nitrogen and oxygen atoms in total. The van der Waals surface area contributed by atoms with Crippen molar-refractivity contribution in [2.24, 2.45) is 0 Å². The van der Waals surface area contributed by atoms with Crippen molar-refractivity contribution in [2.45, 2.75) is 18.4 Å². The number of carbonyl (C=O) groups is 1. The maximum absolute atomic E-state index is 11.6. The molecule has 0 spiro atoms. The summed E-state index contributed by atoms with van der Waals surface area (Å²) in [6.07, 6.45) is 0. The third-order valence-electron chi connectivity index (χ3n) is 2.50. The number of benzene rings is 1. The highest BCUT2D eigenvalue weighted by Crippen LogP contribution is 2.20. The van der Waals surface area contributed by atoms with Crippen molar-refractivity contribution < 1.29 is 13.2 Å². The highest BCUT2D eigenvalue weighted by Gasteiger charge is 2.21. The molecule has 0 aliphatic carbocycles. The molecule has 1 amide bonds. The van der Waals surface area contributed by atoms with Gasteiger partial charge in [-0.1, -0.05) is 6.92 Å².